The number of nitrogens with zero attached hydrogens (tertiary/aromatic N) is 4. The Labute approximate surface area is 149 Å². The van der Waals surface area contributed by atoms with Gasteiger partial charge in [-0.15, -0.1) is 10.2 Å². The van der Waals surface area contributed by atoms with Gasteiger partial charge in [-0.1, -0.05) is 11.3 Å². The maximum atomic E-state index is 12.4. The Bertz CT molecular complexity index is 741. The molecule has 2 saturated heterocycles. The molecule has 25 heavy (non-hydrogen) atoms. The van der Waals surface area contributed by atoms with Crippen LogP contribution in [0.3, 0.4) is 0 Å². The molecular formula is C16H21N5O3S. The molecule has 1 N–H and O–H groups in total. The summed E-state index contributed by atoms with van der Waals surface area (Å²) in [6.45, 7) is 5.03. The number of nitrogens with one attached hydrogen (secondary N) is 1. The average molecular weight is 363 g/mol. The molecule has 4 heterocycles. The second kappa shape index (κ2) is 6.40. The van der Waals surface area contributed by atoms with Gasteiger partial charge in [0.25, 0.3) is 0 Å². The topological polar surface area (TPSA) is 83.7 Å². The van der Waals surface area contributed by atoms with E-state index in [1.165, 1.54) is 0 Å². The molecule has 4 rings (SSSR count). The highest BCUT2D eigenvalue weighted by Crippen LogP contribution is 2.35. The van der Waals surface area contributed by atoms with Crippen LogP contribution < -0.4 is 10.2 Å². The fourth-order valence-corrected chi connectivity index (χ4v) is 4.05. The maximum absolute atomic E-state index is 12.4. The third-order valence-electron chi connectivity index (χ3n) is 4.68. The Morgan fingerprint density at radius 1 is 1.44 bits per heavy atom. The van der Waals surface area contributed by atoms with Crippen molar-refractivity contribution in [2.75, 3.05) is 38.2 Å². The van der Waals surface area contributed by atoms with Gasteiger partial charge < -0.3 is 19.4 Å². The third-order valence-corrected chi connectivity index (χ3v) is 5.58. The summed E-state index contributed by atoms with van der Waals surface area (Å²) >= 11 is 1.59. The molecule has 2 fully saturated rings. The van der Waals surface area contributed by atoms with Gasteiger partial charge in [0.2, 0.25) is 11.0 Å². The minimum Gasteiger partial charge on any atom is -0.467 e. The minimum absolute atomic E-state index is 0.0373. The van der Waals surface area contributed by atoms with E-state index in [1.54, 1.807) is 17.6 Å². The van der Waals surface area contributed by atoms with Crippen LogP contribution in [-0.4, -0.2) is 65.9 Å². The minimum atomic E-state index is -0.279. The molecule has 134 valence electrons. The molecule has 0 aromatic carbocycles. The lowest BCUT2D eigenvalue weighted by Crippen LogP contribution is -2.72. The Balaban J connectivity index is 1.30. The van der Waals surface area contributed by atoms with Gasteiger partial charge in [0.15, 0.2) is 0 Å². The molecule has 0 unspecified atom stereocenters. The zero-order chi connectivity index (χ0) is 17.4. The zero-order valence-electron chi connectivity index (χ0n) is 14.3. The Morgan fingerprint density at radius 3 is 2.92 bits per heavy atom. The van der Waals surface area contributed by atoms with E-state index in [0.29, 0.717) is 13.2 Å². The lowest BCUT2D eigenvalue weighted by Gasteiger charge is -2.54. The second-order valence-electron chi connectivity index (χ2n) is 6.68. The van der Waals surface area contributed by atoms with Crippen molar-refractivity contribution in [1.29, 1.82) is 0 Å². The quantitative estimate of drug-likeness (QED) is 0.854. The van der Waals surface area contributed by atoms with Crippen LogP contribution in [0.4, 0.5) is 5.13 Å². The highest BCUT2D eigenvalue weighted by Gasteiger charge is 2.50. The number of carbonyl (C=O) groups is 1. The van der Waals surface area contributed by atoms with E-state index in [-0.39, 0.29) is 17.6 Å². The van der Waals surface area contributed by atoms with Crippen molar-refractivity contribution >= 4 is 22.4 Å². The molecule has 0 radical (unpaired) electrons. The molecule has 2 aromatic rings. The zero-order valence-corrected chi connectivity index (χ0v) is 15.1. The number of morpholine rings is 1. The first kappa shape index (κ1) is 16.5. The summed E-state index contributed by atoms with van der Waals surface area (Å²) in [4.78, 5) is 16.7. The molecule has 1 atom stereocenters. The molecule has 0 saturated carbocycles. The van der Waals surface area contributed by atoms with Crippen molar-refractivity contribution in [3.63, 3.8) is 0 Å². The van der Waals surface area contributed by atoms with Crippen LogP contribution in [0.5, 0.6) is 0 Å². The van der Waals surface area contributed by atoms with Crippen molar-refractivity contribution in [2.45, 2.75) is 25.1 Å². The van der Waals surface area contributed by atoms with Gasteiger partial charge >= 0.3 is 0 Å². The number of carbonyl (C=O) groups excluding carboxylic acids is 1. The van der Waals surface area contributed by atoms with Crippen LogP contribution >= 0.6 is 11.3 Å². The number of amides is 1. The van der Waals surface area contributed by atoms with Crippen molar-refractivity contribution in [3.05, 3.63) is 29.2 Å². The molecule has 9 heteroatoms. The van der Waals surface area contributed by atoms with E-state index >= 15 is 0 Å². The van der Waals surface area contributed by atoms with Gasteiger partial charge in [0, 0.05) is 6.54 Å². The van der Waals surface area contributed by atoms with Crippen LogP contribution in [0.15, 0.2) is 22.8 Å². The number of hydrogen-bond donors (Lipinski definition) is 1. The first-order valence-corrected chi connectivity index (χ1v) is 9.06. The van der Waals surface area contributed by atoms with Crippen LogP contribution in [0, 0.1) is 6.92 Å². The normalized spacial score (nSPS) is 22.8. The lowest BCUT2D eigenvalue weighted by atomic mass is 9.91. The number of furan rings is 1. The predicted octanol–water partition coefficient (Wildman–Crippen LogP) is 0.645. The Kier molecular flexibility index (Phi) is 4.22. The summed E-state index contributed by atoms with van der Waals surface area (Å²) in [5, 5.41) is 13.0. The van der Waals surface area contributed by atoms with Crippen LogP contribution in [-0.2, 0) is 16.1 Å². The molecule has 1 amide bonds. The molecule has 2 aromatic heterocycles. The lowest BCUT2D eigenvalue weighted by molar-refractivity contribution is -0.157. The number of aromatic nitrogens is 2. The van der Waals surface area contributed by atoms with Gasteiger partial charge in [-0.25, -0.2) is 0 Å². The van der Waals surface area contributed by atoms with Crippen molar-refractivity contribution in [3.8, 4) is 0 Å². The monoisotopic (exact) mass is 363 g/mol. The highest BCUT2D eigenvalue weighted by atomic mass is 32.1. The summed E-state index contributed by atoms with van der Waals surface area (Å²) in [6.07, 6.45) is 1.60. The van der Waals surface area contributed by atoms with E-state index in [2.05, 4.69) is 25.3 Å². The largest absolute Gasteiger partial charge is 0.467 e. The van der Waals surface area contributed by atoms with Crippen molar-refractivity contribution < 1.29 is 13.9 Å². The summed E-state index contributed by atoms with van der Waals surface area (Å²) in [5.74, 6) is 0.705. The number of anilines is 1. The number of aryl methyl sites for hydroxylation is 1. The summed E-state index contributed by atoms with van der Waals surface area (Å²) in [6, 6.07) is 3.37. The Hall–Kier alpha value is -1.97. The summed E-state index contributed by atoms with van der Waals surface area (Å²) < 4.78 is 11.3. The molecular weight excluding hydrogens is 342 g/mol. The van der Waals surface area contributed by atoms with Crippen molar-refractivity contribution in [1.82, 2.24) is 20.4 Å². The molecule has 0 aliphatic carbocycles. The molecule has 8 nitrogen and oxygen atoms in total. The number of hydrogen-bond acceptors (Lipinski definition) is 8. The third kappa shape index (κ3) is 3.26. The van der Waals surface area contributed by atoms with Gasteiger partial charge in [0.1, 0.15) is 22.4 Å². The van der Waals surface area contributed by atoms with Gasteiger partial charge in [-0.3, -0.25) is 9.69 Å². The van der Waals surface area contributed by atoms with Gasteiger partial charge in [0.05, 0.1) is 32.5 Å². The molecule has 2 aliphatic heterocycles. The summed E-state index contributed by atoms with van der Waals surface area (Å²) in [7, 11) is 1.97. The average Bonchev–Trinajstić information content (AvgIpc) is 3.21. The second-order valence-corrected chi connectivity index (χ2v) is 7.84. The number of likely N-dealkylation sites (N-methyl/N-ethyl adjacent to an activating group) is 1. The fraction of sp³-hybridized carbons (Fsp3) is 0.562. The first-order chi connectivity index (χ1) is 12.0. The van der Waals surface area contributed by atoms with Gasteiger partial charge in [-0.05, 0) is 26.1 Å². The van der Waals surface area contributed by atoms with E-state index in [1.807, 2.05) is 26.1 Å². The van der Waals surface area contributed by atoms with Crippen molar-refractivity contribution in [2.24, 2.45) is 0 Å². The first-order valence-electron chi connectivity index (χ1n) is 8.24. The maximum Gasteiger partial charge on any atom is 0.240 e. The number of rotatable bonds is 4. The molecule has 1 spiro atoms. The SMILES string of the molecule is Cc1nnc(N2CC3(C2)CN(C)[C@@H](C(=O)NCc2ccco2)CO3)s1. The van der Waals surface area contributed by atoms with E-state index in [9.17, 15) is 4.79 Å². The predicted molar refractivity (Wildman–Crippen MR) is 92.5 cm³/mol. The van der Waals surface area contributed by atoms with E-state index in [0.717, 1.165) is 35.5 Å². The smallest absolute Gasteiger partial charge is 0.240 e. The van der Waals surface area contributed by atoms with Crippen LogP contribution in [0.25, 0.3) is 0 Å². The summed E-state index contributed by atoms with van der Waals surface area (Å²) in [5.41, 5.74) is -0.216. The van der Waals surface area contributed by atoms with E-state index in [4.69, 9.17) is 9.15 Å². The van der Waals surface area contributed by atoms with E-state index < -0.39 is 0 Å². The Morgan fingerprint density at radius 2 is 2.28 bits per heavy atom. The fourth-order valence-electron chi connectivity index (χ4n) is 3.36. The molecule has 0 bridgehead atoms. The van der Waals surface area contributed by atoms with Gasteiger partial charge in [-0.2, -0.15) is 0 Å². The molecule has 2 aliphatic rings. The van der Waals surface area contributed by atoms with Crippen LogP contribution in [0.2, 0.25) is 0 Å². The highest BCUT2D eigenvalue weighted by molar-refractivity contribution is 7.15. The standard InChI is InChI=1S/C16H21N5O3S/c1-11-18-19-15(25-11)21-9-16(10-21)8-20(2)13(7-24-16)14(22)17-6-12-4-3-5-23-12/h3-5,13H,6-10H2,1-2H3,(H,17,22)/t13-/m1/s1. The number of ether oxygens (including phenoxy) is 1. The van der Waals surface area contributed by atoms with Crippen LogP contribution in [0.1, 0.15) is 10.8 Å².